The van der Waals surface area contributed by atoms with Crippen molar-refractivity contribution in [3.05, 3.63) is 21.8 Å². The van der Waals surface area contributed by atoms with E-state index < -0.39 is 0 Å². The van der Waals surface area contributed by atoms with Crippen LogP contribution in [0.25, 0.3) is 10.2 Å². The number of thiophene rings is 1. The van der Waals surface area contributed by atoms with Gasteiger partial charge in [-0.3, -0.25) is 14.2 Å². The number of methoxy groups -OCH3 is 1. The van der Waals surface area contributed by atoms with E-state index in [1.807, 2.05) is 18.4 Å². The zero-order valence-corrected chi connectivity index (χ0v) is 13.7. The number of nitrogens with one attached hydrogen (secondary N) is 1. The van der Waals surface area contributed by atoms with Crippen LogP contribution < -0.4 is 10.9 Å². The fourth-order valence-electron chi connectivity index (χ4n) is 1.84. The summed E-state index contributed by atoms with van der Waals surface area (Å²) in [5, 5.41) is 5.20. The van der Waals surface area contributed by atoms with Crippen molar-refractivity contribution in [2.24, 2.45) is 7.05 Å². The van der Waals surface area contributed by atoms with Gasteiger partial charge in [0, 0.05) is 20.2 Å². The van der Waals surface area contributed by atoms with Gasteiger partial charge in [0.25, 0.3) is 5.56 Å². The zero-order valence-electron chi connectivity index (χ0n) is 12.1. The van der Waals surface area contributed by atoms with Crippen LogP contribution in [0.5, 0.6) is 0 Å². The third kappa shape index (κ3) is 3.84. The van der Waals surface area contributed by atoms with E-state index in [1.165, 1.54) is 27.7 Å². The Kier molecular flexibility index (Phi) is 5.38. The second-order valence-corrected chi connectivity index (χ2v) is 6.46. The molecule has 1 atom stereocenters. The van der Waals surface area contributed by atoms with Gasteiger partial charge >= 0.3 is 0 Å². The zero-order chi connectivity index (χ0) is 15.4. The quantitative estimate of drug-likeness (QED) is 0.638. The lowest BCUT2D eigenvalue weighted by Gasteiger charge is -2.12. The molecule has 1 amide bonds. The minimum atomic E-state index is -0.107. The number of amides is 1. The topological polar surface area (TPSA) is 73.2 Å². The monoisotopic (exact) mass is 327 g/mol. The van der Waals surface area contributed by atoms with Crippen LogP contribution in [0.3, 0.4) is 0 Å². The van der Waals surface area contributed by atoms with Crippen LogP contribution in [-0.2, 0) is 16.6 Å². The normalized spacial score (nSPS) is 12.5. The minimum Gasteiger partial charge on any atom is -0.383 e. The lowest BCUT2D eigenvalue weighted by molar-refractivity contribution is -0.119. The van der Waals surface area contributed by atoms with E-state index in [0.29, 0.717) is 22.0 Å². The average molecular weight is 327 g/mol. The summed E-state index contributed by atoms with van der Waals surface area (Å²) in [6, 6.07) is 1.77. The lowest BCUT2D eigenvalue weighted by atomic mass is 10.3. The highest BCUT2D eigenvalue weighted by Crippen LogP contribution is 2.19. The molecule has 1 unspecified atom stereocenters. The summed E-state index contributed by atoms with van der Waals surface area (Å²) in [4.78, 5) is 28.3. The second kappa shape index (κ2) is 7.06. The van der Waals surface area contributed by atoms with E-state index in [9.17, 15) is 9.59 Å². The Labute approximate surface area is 130 Å². The van der Waals surface area contributed by atoms with Crippen molar-refractivity contribution in [2.45, 2.75) is 18.1 Å². The Morgan fingerprint density at radius 2 is 2.38 bits per heavy atom. The number of hydrogen-bond donors (Lipinski definition) is 1. The van der Waals surface area contributed by atoms with E-state index in [2.05, 4.69) is 10.3 Å². The number of hydrogen-bond acceptors (Lipinski definition) is 6. The van der Waals surface area contributed by atoms with Crippen molar-refractivity contribution in [1.82, 2.24) is 14.9 Å². The minimum absolute atomic E-state index is 0.0424. The number of fused-ring (bicyclic) bond motifs is 1. The fourth-order valence-corrected chi connectivity index (χ4v) is 3.42. The maximum absolute atomic E-state index is 12.1. The number of nitrogens with zero attached hydrogens (tertiary/aromatic N) is 2. The largest absolute Gasteiger partial charge is 0.383 e. The van der Waals surface area contributed by atoms with Gasteiger partial charge in [-0.2, -0.15) is 0 Å². The van der Waals surface area contributed by atoms with Gasteiger partial charge in [0.2, 0.25) is 5.91 Å². The van der Waals surface area contributed by atoms with Gasteiger partial charge in [-0.1, -0.05) is 11.8 Å². The summed E-state index contributed by atoms with van der Waals surface area (Å²) in [5.74, 6) is 0.105. The molecule has 2 rings (SSSR count). The molecule has 0 saturated carbocycles. The fraction of sp³-hybridized carbons (Fsp3) is 0.462. The third-order valence-electron chi connectivity index (χ3n) is 2.80. The molecule has 0 spiro atoms. The summed E-state index contributed by atoms with van der Waals surface area (Å²) in [6.07, 6.45) is 0. The van der Waals surface area contributed by atoms with Gasteiger partial charge in [0.15, 0.2) is 5.16 Å². The van der Waals surface area contributed by atoms with Crippen molar-refractivity contribution in [3.8, 4) is 0 Å². The Morgan fingerprint density at radius 3 is 3.10 bits per heavy atom. The molecule has 1 N–H and O–H groups in total. The number of ether oxygens (including phenoxy) is 1. The molecule has 0 aliphatic heterocycles. The molecule has 6 nitrogen and oxygen atoms in total. The van der Waals surface area contributed by atoms with E-state index in [4.69, 9.17) is 4.74 Å². The maximum atomic E-state index is 12.1. The predicted molar refractivity (Wildman–Crippen MR) is 85.1 cm³/mol. The Balaban J connectivity index is 2.05. The predicted octanol–water partition coefficient (Wildman–Crippen LogP) is 1.24. The molecular formula is C13H17N3O3S2. The van der Waals surface area contributed by atoms with Gasteiger partial charge < -0.3 is 10.1 Å². The second-order valence-electron chi connectivity index (χ2n) is 4.61. The number of aromatic nitrogens is 2. The molecule has 0 aromatic carbocycles. The van der Waals surface area contributed by atoms with Crippen LogP contribution in [-0.4, -0.2) is 41.0 Å². The van der Waals surface area contributed by atoms with Crippen molar-refractivity contribution in [3.63, 3.8) is 0 Å². The van der Waals surface area contributed by atoms with Crippen molar-refractivity contribution >= 4 is 39.2 Å². The molecule has 0 aliphatic carbocycles. The number of carbonyl (C=O) groups excluding carboxylic acids is 1. The Hall–Kier alpha value is -1.38. The Morgan fingerprint density at radius 1 is 1.62 bits per heavy atom. The van der Waals surface area contributed by atoms with Gasteiger partial charge in [-0.05, 0) is 18.4 Å². The summed E-state index contributed by atoms with van der Waals surface area (Å²) in [7, 11) is 3.26. The van der Waals surface area contributed by atoms with Crippen LogP contribution in [0.2, 0.25) is 0 Å². The summed E-state index contributed by atoms with van der Waals surface area (Å²) >= 11 is 2.63. The van der Waals surface area contributed by atoms with Gasteiger partial charge in [-0.25, -0.2) is 4.98 Å². The molecule has 0 fully saturated rings. The first-order chi connectivity index (χ1) is 10.0. The average Bonchev–Trinajstić information content (AvgIpc) is 2.90. The van der Waals surface area contributed by atoms with Crippen molar-refractivity contribution < 1.29 is 9.53 Å². The highest BCUT2D eigenvalue weighted by Gasteiger charge is 2.12. The maximum Gasteiger partial charge on any atom is 0.271 e. The van der Waals surface area contributed by atoms with Gasteiger partial charge in [-0.15, -0.1) is 11.3 Å². The summed E-state index contributed by atoms with van der Waals surface area (Å²) in [5.41, 5.74) is 0.601. The summed E-state index contributed by atoms with van der Waals surface area (Å²) < 4.78 is 7.08. The molecule has 0 aliphatic rings. The highest BCUT2D eigenvalue weighted by molar-refractivity contribution is 7.99. The smallest absolute Gasteiger partial charge is 0.271 e. The highest BCUT2D eigenvalue weighted by atomic mass is 32.2. The molecule has 2 aromatic rings. The first-order valence-corrected chi connectivity index (χ1v) is 8.24. The van der Waals surface area contributed by atoms with Crippen LogP contribution in [0.1, 0.15) is 6.92 Å². The SMILES string of the molecule is COCC(C)NC(=O)CSc1nc2ccsc2c(=O)n1C. The molecular weight excluding hydrogens is 310 g/mol. The molecule has 114 valence electrons. The first kappa shape index (κ1) is 16.0. The third-order valence-corrected chi connectivity index (χ3v) is 4.72. The molecule has 0 saturated heterocycles. The molecule has 0 bridgehead atoms. The molecule has 0 radical (unpaired) electrons. The van der Waals surface area contributed by atoms with E-state index in [0.717, 1.165) is 0 Å². The van der Waals surface area contributed by atoms with Crippen molar-refractivity contribution in [2.75, 3.05) is 19.5 Å². The number of carbonyl (C=O) groups is 1. The standard InChI is InChI=1S/C13H17N3O3S2/c1-8(6-19-3)14-10(17)7-21-13-15-9-4-5-20-11(9)12(18)16(13)2/h4-5,8H,6-7H2,1-3H3,(H,14,17). The van der Waals surface area contributed by atoms with E-state index in [-0.39, 0.29) is 23.3 Å². The van der Waals surface area contributed by atoms with Gasteiger partial charge in [0.1, 0.15) is 4.70 Å². The lowest BCUT2D eigenvalue weighted by Crippen LogP contribution is -2.36. The number of rotatable bonds is 6. The molecule has 2 aromatic heterocycles. The van der Waals surface area contributed by atoms with Crippen molar-refractivity contribution in [1.29, 1.82) is 0 Å². The molecule has 2 heterocycles. The van der Waals surface area contributed by atoms with Crippen LogP contribution >= 0.6 is 23.1 Å². The van der Waals surface area contributed by atoms with E-state index in [1.54, 1.807) is 14.2 Å². The van der Waals surface area contributed by atoms with Crippen LogP contribution in [0.15, 0.2) is 21.4 Å². The van der Waals surface area contributed by atoms with Crippen LogP contribution in [0, 0.1) is 0 Å². The van der Waals surface area contributed by atoms with Crippen LogP contribution in [0.4, 0.5) is 0 Å². The summed E-state index contributed by atoms with van der Waals surface area (Å²) in [6.45, 7) is 2.34. The first-order valence-electron chi connectivity index (χ1n) is 6.38. The molecule has 21 heavy (non-hydrogen) atoms. The van der Waals surface area contributed by atoms with Gasteiger partial charge in [0.05, 0.1) is 17.9 Å². The molecule has 8 heteroatoms. The Bertz CT molecular complexity index is 696. The van der Waals surface area contributed by atoms with E-state index >= 15 is 0 Å². The number of thioether (sulfide) groups is 1.